The highest BCUT2D eigenvalue weighted by atomic mass is 32.1. The molecule has 1 atom stereocenters. The van der Waals surface area contributed by atoms with Crippen molar-refractivity contribution in [2.75, 3.05) is 18.9 Å². The van der Waals surface area contributed by atoms with Gasteiger partial charge in [0, 0.05) is 16.7 Å². The molecule has 0 aliphatic heterocycles. The number of alkyl halides is 3. The van der Waals surface area contributed by atoms with Gasteiger partial charge in [-0.25, -0.2) is 18.7 Å². The van der Waals surface area contributed by atoms with E-state index >= 15 is 0 Å². The number of primary amides is 1. The first-order chi connectivity index (χ1) is 19.2. The van der Waals surface area contributed by atoms with Crippen LogP contribution in [-0.2, 0) is 16.8 Å². The largest absolute Gasteiger partial charge is 0.491 e. The molecular formula is C26H22F5N5O4S. The second-order valence-corrected chi connectivity index (χ2v) is 9.89. The average molecular weight is 596 g/mol. The summed E-state index contributed by atoms with van der Waals surface area (Å²) in [6, 6.07) is 7.30. The third-order valence-corrected chi connectivity index (χ3v) is 6.78. The van der Waals surface area contributed by atoms with Gasteiger partial charge in [0.05, 0.1) is 30.0 Å². The molecule has 6 N–H and O–H groups in total. The number of carbonyl (C=O) groups is 2. The van der Waals surface area contributed by atoms with Gasteiger partial charge in [-0.3, -0.25) is 9.59 Å². The number of benzene rings is 2. The molecule has 4 rings (SSSR count). The van der Waals surface area contributed by atoms with E-state index in [0.717, 1.165) is 35.6 Å². The fourth-order valence-electron chi connectivity index (χ4n) is 4.01. The molecule has 0 aliphatic rings. The molecule has 2 aromatic carbocycles. The first kappa shape index (κ1) is 29.6. The molecular weight excluding hydrogens is 573 g/mol. The highest BCUT2D eigenvalue weighted by molar-refractivity contribution is 7.22. The van der Waals surface area contributed by atoms with Gasteiger partial charge in [0.25, 0.3) is 5.91 Å². The van der Waals surface area contributed by atoms with Crippen LogP contribution in [0, 0.1) is 11.6 Å². The number of nitrogen functional groups attached to an aromatic ring is 1. The van der Waals surface area contributed by atoms with E-state index < -0.39 is 53.9 Å². The van der Waals surface area contributed by atoms with Gasteiger partial charge in [-0.2, -0.15) is 13.2 Å². The predicted molar refractivity (Wildman–Crippen MR) is 140 cm³/mol. The molecule has 0 bridgehead atoms. The number of aromatic nitrogens is 2. The maximum atomic E-state index is 14.5. The molecule has 0 unspecified atom stereocenters. The zero-order chi connectivity index (χ0) is 30.1. The first-order valence-corrected chi connectivity index (χ1v) is 12.7. The van der Waals surface area contributed by atoms with Gasteiger partial charge in [0.1, 0.15) is 22.8 Å². The van der Waals surface area contributed by atoms with Gasteiger partial charge >= 0.3 is 6.18 Å². The van der Waals surface area contributed by atoms with Crippen LogP contribution in [0.2, 0.25) is 0 Å². The summed E-state index contributed by atoms with van der Waals surface area (Å²) in [5.41, 5.74) is 5.38. The molecule has 0 radical (unpaired) electrons. The lowest BCUT2D eigenvalue weighted by Crippen LogP contribution is -2.51. The number of halogens is 5. The third kappa shape index (κ3) is 6.05. The van der Waals surface area contributed by atoms with Gasteiger partial charge in [-0.15, -0.1) is 0 Å². The van der Waals surface area contributed by atoms with Crippen molar-refractivity contribution in [1.82, 2.24) is 15.3 Å². The number of aliphatic hydroxyl groups is 1. The predicted octanol–water partition coefficient (Wildman–Crippen LogP) is 3.83. The van der Waals surface area contributed by atoms with Crippen LogP contribution in [0.25, 0.3) is 21.5 Å². The number of thiazole rings is 1. The summed E-state index contributed by atoms with van der Waals surface area (Å²) in [6.45, 7) is 0.158. The van der Waals surface area contributed by atoms with Gasteiger partial charge in [0.15, 0.2) is 10.9 Å². The van der Waals surface area contributed by atoms with Crippen LogP contribution in [0.1, 0.15) is 28.5 Å². The SMILES string of the molecule is CCOc1c(CC(N)=O)cc([C@@](O)(CNC(=O)c2cc(F)c3nc(N)sc3c2)C(F)(F)F)nc1-c1ccc(F)cc1. The normalized spacial score (nSPS) is 13.1. The van der Waals surface area contributed by atoms with E-state index in [1.165, 1.54) is 18.2 Å². The van der Waals surface area contributed by atoms with E-state index in [-0.39, 0.29) is 50.1 Å². The molecule has 2 aromatic heterocycles. The van der Waals surface area contributed by atoms with Crippen molar-refractivity contribution in [1.29, 1.82) is 0 Å². The Bertz CT molecular complexity index is 1630. The molecule has 216 valence electrons. The summed E-state index contributed by atoms with van der Waals surface area (Å²) in [6.07, 6.45) is -6.00. The first-order valence-electron chi connectivity index (χ1n) is 11.9. The number of nitrogens with two attached hydrogens (primary N) is 2. The number of amides is 2. The molecule has 4 aromatic rings. The van der Waals surface area contributed by atoms with Crippen molar-refractivity contribution in [3.05, 3.63) is 70.9 Å². The van der Waals surface area contributed by atoms with Crippen LogP contribution in [0.3, 0.4) is 0 Å². The lowest BCUT2D eigenvalue weighted by molar-refractivity contribution is -0.265. The second kappa shape index (κ2) is 11.2. The Morgan fingerprint density at radius 1 is 1.10 bits per heavy atom. The average Bonchev–Trinajstić information content (AvgIpc) is 3.28. The molecule has 41 heavy (non-hydrogen) atoms. The topological polar surface area (TPSA) is 153 Å². The molecule has 9 nitrogen and oxygen atoms in total. The Morgan fingerprint density at radius 2 is 1.78 bits per heavy atom. The molecule has 0 saturated carbocycles. The summed E-state index contributed by atoms with van der Waals surface area (Å²) in [7, 11) is 0. The fourth-order valence-corrected chi connectivity index (χ4v) is 4.80. The Labute approximate surface area is 233 Å². The summed E-state index contributed by atoms with van der Waals surface area (Å²) in [5, 5.41) is 13.0. The maximum Gasteiger partial charge on any atom is 0.424 e. The van der Waals surface area contributed by atoms with Crippen LogP contribution in [0.15, 0.2) is 42.5 Å². The number of pyridine rings is 1. The van der Waals surface area contributed by atoms with Crippen molar-refractivity contribution in [2.24, 2.45) is 5.73 Å². The Morgan fingerprint density at radius 3 is 2.39 bits per heavy atom. The second-order valence-electron chi connectivity index (χ2n) is 8.82. The van der Waals surface area contributed by atoms with Crippen molar-refractivity contribution in [2.45, 2.75) is 25.1 Å². The molecule has 15 heteroatoms. The molecule has 0 spiro atoms. The van der Waals surface area contributed by atoms with Crippen LogP contribution >= 0.6 is 11.3 Å². The minimum absolute atomic E-state index is 0.0207. The van der Waals surface area contributed by atoms with Crippen molar-refractivity contribution in [3.63, 3.8) is 0 Å². The lowest BCUT2D eigenvalue weighted by Gasteiger charge is -2.31. The standard InChI is InChI=1S/C26H22F5N5O4S/c1-2-40-22-13(10-19(32)37)9-18(35-20(22)12-3-5-15(27)6-4-12)25(39,26(29,30)31)11-34-23(38)14-7-16(28)21-17(8-14)41-24(33)36-21/h3-9,39H,2,10-11H2,1H3,(H2,32,37)(H2,33,36)(H,34,38)/t25-/m0/s1. The summed E-state index contributed by atoms with van der Waals surface area (Å²) in [4.78, 5) is 32.4. The number of rotatable bonds is 9. The van der Waals surface area contributed by atoms with Crippen LogP contribution in [0.4, 0.5) is 27.1 Å². The molecule has 2 heterocycles. The fraction of sp³-hybridized carbons (Fsp3) is 0.231. The Hall–Kier alpha value is -4.37. The maximum absolute atomic E-state index is 14.5. The number of nitrogens with zero attached hydrogens (tertiary/aromatic N) is 2. The number of fused-ring (bicyclic) bond motifs is 1. The van der Waals surface area contributed by atoms with Crippen molar-refractivity contribution in [3.8, 4) is 17.0 Å². The van der Waals surface area contributed by atoms with Crippen LogP contribution < -0.4 is 21.5 Å². The molecule has 0 saturated heterocycles. The van der Waals surface area contributed by atoms with Crippen LogP contribution in [0.5, 0.6) is 5.75 Å². The highest BCUT2D eigenvalue weighted by Crippen LogP contribution is 2.42. The number of hydrogen-bond donors (Lipinski definition) is 4. The van der Waals surface area contributed by atoms with Gasteiger partial charge in [-0.05, 0) is 49.4 Å². The van der Waals surface area contributed by atoms with Crippen molar-refractivity contribution >= 4 is 38.5 Å². The quantitative estimate of drug-likeness (QED) is 0.215. The minimum atomic E-state index is -5.41. The van der Waals surface area contributed by atoms with E-state index in [1.54, 1.807) is 6.92 Å². The van der Waals surface area contributed by atoms with Crippen LogP contribution in [-0.4, -0.2) is 46.2 Å². The summed E-state index contributed by atoms with van der Waals surface area (Å²) < 4.78 is 77.1. The van der Waals surface area contributed by atoms with Gasteiger partial charge in [-0.1, -0.05) is 11.3 Å². The third-order valence-electron chi connectivity index (χ3n) is 5.95. The number of ether oxygens (including phenoxy) is 1. The number of carbonyl (C=O) groups excluding carboxylic acids is 2. The molecule has 0 fully saturated rings. The van der Waals surface area contributed by atoms with Gasteiger partial charge in [0.2, 0.25) is 11.5 Å². The van der Waals surface area contributed by atoms with E-state index in [2.05, 4.69) is 9.97 Å². The van der Waals surface area contributed by atoms with E-state index in [1.807, 2.05) is 5.32 Å². The summed E-state index contributed by atoms with van der Waals surface area (Å²) in [5.74, 6) is -3.70. The monoisotopic (exact) mass is 595 g/mol. The lowest BCUT2D eigenvalue weighted by atomic mass is 9.93. The number of nitrogens with one attached hydrogen (secondary N) is 1. The highest BCUT2D eigenvalue weighted by Gasteiger charge is 2.56. The van der Waals surface area contributed by atoms with Crippen molar-refractivity contribution < 1.29 is 41.4 Å². The summed E-state index contributed by atoms with van der Waals surface area (Å²) >= 11 is 0.869. The Balaban J connectivity index is 1.80. The van der Waals surface area contributed by atoms with E-state index in [4.69, 9.17) is 16.2 Å². The van der Waals surface area contributed by atoms with E-state index in [9.17, 15) is 36.6 Å². The molecule has 2 amide bonds. The number of hydrogen-bond acceptors (Lipinski definition) is 8. The minimum Gasteiger partial charge on any atom is -0.491 e. The Kier molecular flexibility index (Phi) is 8.12. The van der Waals surface area contributed by atoms with E-state index in [0.29, 0.717) is 0 Å². The molecule has 0 aliphatic carbocycles. The van der Waals surface area contributed by atoms with Gasteiger partial charge < -0.3 is 26.6 Å². The zero-order valence-electron chi connectivity index (χ0n) is 21.2. The zero-order valence-corrected chi connectivity index (χ0v) is 22.0. The smallest absolute Gasteiger partial charge is 0.424 e. The number of anilines is 1.